The minimum atomic E-state index is -3.64. The van der Waals surface area contributed by atoms with E-state index in [4.69, 9.17) is 0 Å². The van der Waals surface area contributed by atoms with Gasteiger partial charge in [-0.25, -0.2) is 8.42 Å². The van der Waals surface area contributed by atoms with Gasteiger partial charge in [-0.2, -0.15) is 4.31 Å². The molecule has 2 aromatic carbocycles. The molecule has 182 valence electrons. The number of sulfonamides is 1. The van der Waals surface area contributed by atoms with Crippen molar-refractivity contribution in [3.63, 3.8) is 0 Å². The summed E-state index contributed by atoms with van der Waals surface area (Å²) < 4.78 is 28.1. The molecule has 2 aliphatic heterocycles. The molecular weight excluding hydrogens is 450 g/mol. The molecule has 1 atom stereocenters. The number of nitrogens with zero attached hydrogens (tertiary/aromatic N) is 2. The Balaban J connectivity index is 1.53. The van der Waals surface area contributed by atoms with Gasteiger partial charge in [0, 0.05) is 25.3 Å². The molecule has 0 aromatic heterocycles. The first-order chi connectivity index (χ1) is 16.0. The number of fused-ring (bicyclic) bond motifs is 1. The highest BCUT2D eigenvalue weighted by Gasteiger charge is 2.45. The third kappa shape index (κ3) is 4.61. The van der Waals surface area contributed by atoms with E-state index in [2.05, 4.69) is 12.2 Å². The number of piperidine rings is 1. The molecule has 34 heavy (non-hydrogen) atoms. The number of aryl methyl sites for hydroxylation is 1. The molecule has 0 aliphatic carbocycles. The minimum Gasteiger partial charge on any atom is -0.350 e. The zero-order chi connectivity index (χ0) is 24.7. The monoisotopic (exact) mass is 483 g/mol. The fourth-order valence-corrected chi connectivity index (χ4v) is 6.38. The molecule has 8 heteroatoms. The Kier molecular flexibility index (Phi) is 6.57. The Labute approximate surface area is 202 Å². The standard InChI is InChI=1S/C26H33N3O4S/c1-18-7-9-20(10-8-18)15-27-24(30)17-29-23-12-11-21(14-22(23)26(3,4)25(29)31)34(32,33)28-13-5-6-19(2)16-28/h7-12,14,19H,5-6,13,15-17H2,1-4H3,(H,27,30)/t19-/m0/s1. The van der Waals surface area contributed by atoms with Gasteiger partial charge in [0.25, 0.3) is 0 Å². The minimum absolute atomic E-state index is 0.114. The summed E-state index contributed by atoms with van der Waals surface area (Å²) >= 11 is 0. The number of carbonyl (C=O) groups is 2. The summed E-state index contributed by atoms with van der Waals surface area (Å²) in [4.78, 5) is 27.5. The number of hydrogen-bond acceptors (Lipinski definition) is 4. The quantitative estimate of drug-likeness (QED) is 0.683. The van der Waals surface area contributed by atoms with Gasteiger partial charge in [-0.1, -0.05) is 36.8 Å². The first-order valence-electron chi connectivity index (χ1n) is 11.8. The normalized spacial score (nSPS) is 20.3. The molecule has 1 fully saturated rings. The SMILES string of the molecule is Cc1ccc(CNC(=O)CN2C(=O)C(C)(C)c3cc(S(=O)(=O)N4CCC[C@H](C)C4)ccc32)cc1. The molecule has 0 saturated carbocycles. The molecule has 4 rings (SSSR count). The highest BCUT2D eigenvalue weighted by atomic mass is 32.2. The molecule has 2 aliphatic rings. The molecule has 2 heterocycles. The van der Waals surface area contributed by atoms with Crippen LogP contribution < -0.4 is 10.2 Å². The van der Waals surface area contributed by atoms with Crippen LogP contribution in [0.4, 0.5) is 5.69 Å². The highest BCUT2D eigenvalue weighted by Crippen LogP contribution is 2.42. The molecule has 0 spiro atoms. The number of anilines is 1. The van der Waals surface area contributed by atoms with Crippen LogP contribution >= 0.6 is 0 Å². The maximum Gasteiger partial charge on any atom is 0.243 e. The largest absolute Gasteiger partial charge is 0.350 e. The van der Waals surface area contributed by atoms with Crippen molar-refractivity contribution in [2.75, 3.05) is 24.5 Å². The first-order valence-corrected chi connectivity index (χ1v) is 13.2. The third-order valence-corrected chi connectivity index (χ3v) is 8.74. The molecule has 0 unspecified atom stereocenters. The molecule has 0 radical (unpaired) electrons. The van der Waals surface area contributed by atoms with Crippen molar-refractivity contribution in [2.24, 2.45) is 5.92 Å². The van der Waals surface area contributed by atoms with E-state index in [0.29, 0.717) is 36.8 Å². The van der Waals surface area contributed by atoms with Gasteiger partial charge in [0.2, 0.25) is 21.8 Å². The van der Waals surface area contributed by atoms with Gasteiger partial charge in [-0.15, -0.1) is 0 Å². The van der Waals surface area contributed by atoms with E-state index in [-0.39, 0.29) is 23.3 Å². The molecule has 1 N–H and O–H groups in total. The molecule has 0 bridgehead atoms. The molecule has 1 saturated heterocycles. The van der Waals surface area contributed by atoms with Crippen molar-refractivity contribution in [3.05, 3.63) is 59.2 Å². The van der Waals surface area contributed by atoms with Crippen LogP contribution in [0.1, 0.15) is 50.3 Å². The smallest absolute Gasteiger partial charge is 0.243 e. The molecule has 2 amide bonds. The van der Waals surface area contributed by atoms with Gasteiger partial charge in [-0.3, -0.25) is 9.59 Å². The van der Waals surface area contributed by atoms with Crippen molar-refractivity contribution in [3.8, 4) is 0 Å². The second-order valence-electron chi connectivity index (χ2n) is 10.1. The van der Waals surface area contributed by atoms with Crippen molar-refractivity contribution >= 4 is 27.5 Å². The van der Waals surface area contributed by atoms with Crippen LogP contribution in [0.2, 0.25) is 0 Å². The fourth-order valence-electron chi connectivity index (χ4n) is 4.75. The molecule has 2 aromatic rings. The second-order valence-corrected chi connectivity index (χ2v) is 12.0. The summed E-state index contributed by atoms with van der Waals surface area (Å²) in [7, 11) is -3.64. The Morgan fingerprint density at radius 3 is 2.53 bits per heavy atom. The van der Waals surface area contributed by atoms with Crippen LogP contribution in [0.5, 0.6) is 0 Å². The van der Waals surface area contributed by atoms with E-state index in [9.17, 15) is 18.0 Å². The number of amides is 2. The van der Waals surface area contributed by atoms with Crippen molar-refractivity contribution in [1.82, 2.24) is 9.62 Å². The van der Waals surface area contributed by atoms with Crippen molar-refractivity contribution < 1.29 is 18.0 Å². The zero-order valence-corrected chi connectivity index (χ0v) is 21.1. The van der Waals surface area contributed by atoms with Gasteiger partial charge in [-0.05, 0) is 68.9 Å². The van der Waals surface area contributed by atoms with E-state index in [1.165, 1.54) is 4.90 Å². The van der Waals surface area contributed by atoms with Crippen LogP contribution in [0.25, 0.3) is 0 Å². The maximum atomic E-state index is 13.3. The van der Waals surface area contributed by atoms with Crippen LogP contribution in [-0.2, 0) is 31.6 Å². The first kappa shape index (κ1) is 24.4. The average molecular weight is 484 g/mol. The second kappa shape index (κ2) is 9.15. The van der Waals surface area contributed by atoms with Gasteiger partial charge >= 0.3 is 0 Å². The lowest BCUT2D eigenvalue weighted by molar-refractivity contribution is -0.125. The summed E-state index contributed by atoms with van der Waals surface area (Å²) in [6.07, 6.45) is 1.87. The molecular formula is C26H33N3O4S. The molecule has 7 nitrogen and oxygen atoms in total. The number of carbonyl (C=O) groups excluding carboxylic acids is 2. The average Bonchev–Trinajstić information content (AvgIpc) is 2.99. The van der Waals surface area contributed by atoms with E-state index in [0.717, 1.165) is 24.0 Å². The van der Waals surface area contributed by atoms with Gasteiger partial charge < -0.3 is 10.2 Å². The van der Waals surface area contributed by atoms with Crippen molar-refractivity contribution in [2.45, 2.75) is 57.4 Å². The predicted octanol–water partition coefficient (Wildman–Crippen LogP) is 3.36. The predicted molar refractivity (Wildman–Crippen MR) is 132 cm³/mol. The van der Waals surface area contributed by atoms with E-state index >= 15 is 0 Å². The van der Waals surface area contributed by atoms with Gasteiger partial charge in [0.05, 0.1) is 10.3 Å². The number of rotatable bonds is 6. The number of hydrogen-bond donors (Lipinski definition) is 1. The van der Waals surface area contributed by atoms with Crippen LogP contribution in [0.3, 0.4) is 0 Å². The summed E-state index contributed by atoms with van der Waals surface area (Å²) in [5.41, 5.74) is 2.43. The third-order valence-electron chi connectivity index (χ3n) is 6.88. The topological polar surface area (TPSA) is 86.8 Å². The lowest BCUT2D eigenvalue weighted by atomic mass is 9.86. The summed E-state index contributed by atoms with van der Waals surface area (Å²) in [6.45, 7) is 8.90. The van der Waals surface area contributed by atoms with E-state index in [1.54, 1.807) is 36.4 Å². The van der Waals surface area contributed by atoms with Crippen LogP contribution in [0, 0.1) is 12.8 Å². The van der Waals surface area contributed by atoms with Crippen molar-refractivity contribution in [1.29, 1.82) is 0 Å². The summed E-state index contributed by atoms with van der Waals surface area (Å²) in [6, 6.07) is 12.7. The van der Waals surface area contributed by atoms with E-state index < -0.39 is 15.4 Å². The van der Waals surface area contributed by atoms with Crippen LogP contribution in [-0.4, -0.2) is 44.2 Å². The summed E-state index contributed by atoms with van der Waals surface area (Å²) in [5, 5.41) is 2.87. The summed E-state index contributed by atoms with van der Waals surface area (Å²) in [5.74, 6) is -0.157. The van der Waals surface area contributed by atoms with E-state index in [1.807, 2.05) is 31.2 Å². The van der Waals surface area contributed by atoms with Gasteiger partial charge in [0.15, 0.2) is 0 Å². The Morgan fingerprint density at radius 2 is 1.85 bits per heavy atom. The lowest BCUT2D eigenvalue weighted by Gasteiger charge is -2.30. The highest BCUT2D eigenvalue weighted by molar-refractivity contribution is 7.89. The van der Waals surface area contributed by atoms with Crippen LogP contribution in [0.15, 0.2) is 47.4 Å². The Morgan fingerprint density at radius 1 is 1.15 bits per heavy atom. The van der Waals surface area contributed by atoms with Gasteiger partial charge in [0.1, 0.15) is 6.54 Å². The number of nitrogens with one attached hydrogen (secondary N) is 1. The number of benzene rings is 2. The maximum absolute atomic E-state index is 13.3. The zero-order valence-electron chi connectivity index (χ0n) is 20.3. The fraction of sp³-hybridized carbons (Fsp3) is 0.462. The Bertz CT molecular complexity index is 1210. The lowest BCUT2D eigenvalue weighted by Crippen LogP contribution is -2.42. The Hall–Kier alpha value is -2.71.